The van der Waals surface area contributed by atoms with Crippen molar-refractivity contribution in [2.75, 3.05) is 32.7 Å². The second-order valence-electron chi connectivity index (χ2n) is 4.83. The normalized spacial score (nSPS) is 25.5. The Morgan fingerprint density at radius 2 is 1.81 bits per heavy atom. The summed E-state index contributed by atoms with van der Waals surface area (Å²) in [6.45, 7) is 11.4. The van der Waals surface area contributed by atoms with Crippen molar-refractivity contribution >= 4 is 0 Å². The molecule has 2 fully saturated rings. The van der Waals surface area contributed by atoms with Gasteiger partial charge in [0, 0.05) is 32.7 Å². The van der Waals surface area contributed by atoms with Crippen LogP contribution in [0.25, 0.3) is 0 Å². The predicted molar refractivity (Wildman–Crippen MR) is 67.5 cm³/mol. The third-order valence-corrected chi connectivity index (χ3v) is 3.77. The van der Waals surface area contributed by atoms with Crippen LogP contribution < -0.4 is 5.32 Å². The van der Waals surface area contributed by atoms with Crippen molar-refractivity contribution in [3.63, 3.8) is 0 Å². The van der Waals surface area contributed by atoms with Gasteiger partial charge in [-0.2, -0.15) is 0 Å². The van der Waals surface area contributed by atoms with E-state index in [1.807, 2.05) is 20.8 Å². The molecule has 0 bridgehead atoms. The van der Waals surface area contributed by atoms with Gasteiger partial charge in [0.2, 0.25) is 0 Å². The molecular weight excluding hydrogens is 203 g/mol. The molecule has 0 aromatic rings. The number of alkyl halides is 1. The fraction of sp³-hybridized carbons (Fsp3) is 1.00. The van der Waals surface area contributed by atoms with E-state index in [0.717, 1.165) is 44.9 Å². The molecule has 16 heavy (non-hydrogen) atoms. The largest absolute Gasteiger partial charge is 0.316 e. The van der Waals surface area contributed by atoms with Gasteiger partial charge in [-0.3, -0.25) is 0 Å². The quantitative estimate of drug-likeness (QED) is 0.801. The average molecular weight is 230 g/mol. The summed E-state index contributed by atoms with van der Waals surface area (Å²) in [5.41, 5.74) is -0.853. The van der Waals surface area contributed by atoms with Crippen molar-refractivity contribution in [3.8, 4) is 0 Å². The molecule has 2 aliphatic rings. The van der Waals surface area contributed by atoms with Crippen LogP contribution in [-0.2, 0) is 0 Å². The molecule has 0 unspecified atom stereocenters. The van der Waals surface area contributed by atoms with Crippen molar-refractivity contribution in [1.82, 2.24) is 10.2 Å². The van der Waals surface area contributed by atoms with Gasteiger partial charge in [0.1, 0.15) is 5.67 Å². The number of likely N-dealkylation sites (tertiary alicyclic amines) is 1. The summed E-state index contributed by atoms with van der Waals surface area (Å²) in [6.07, 6.45) is 2.17. The molecule has 3 heteroatoms. The first kappa shape index (κ1) is 13.9. The summed E-state index contributed by atoms with van der Waals surface area (Å²) in [5.74, 6) is 0.823. The van der Waals surface area contributed by atoms with Gasteiger partial charge in [-0.1, -0.05) is 20.8 Å². The van der Waals surface area contributed by atoms with Gasteiger partial charge in [-0.25, -0.2) is 4.39 Å². The molecule has 0 aromatic carbocycles. The summed E-state index contributed by atoms with van der Waals surface area (Å²) in [6, 6.07) is 0. The Balaban J connectivity index is 0.000000606. The van der Waals surface area contributed by atoms with Gasteiger partial charge < -0.3 is 10.2 Å². The molecule has 2 nitrogen and oxygen atoms in total. The van der Waals surface area contributed by atoms with Crippen LogP contribution in [0, 0.1) is 5.92 Å². The molecule has 0 saturated carbocycles. The summed E-state index contributed by atoms with van der Waals surface area (Å²) < 4.78 is 13.9. The van der Waals surface area contributed by atoms with Crippen molar-refractivity contribution in [3.05, 3.63) is 0 Å². The van der Waals surface area contributed by atoms with E-state index in [2.05, 4.69) is 10.2 Å². The minimum absolute atomic E-state index is 0.686. The average Bonchev–Trinajstić information content (AvgIpc) is 2.29. The van der Waals surface area contributed by atoms with Crippen LogP contribution in [0.15, 0.2) is 0 Å². The summed E-state index contributed by atoms with van der Waals surface area (Å²) in [7, 11) is 0. The Hall–Kier alpha value is -0.150. The van der Waals surface area contributed by atoms with Gasteiger partial charge in [0.25, 0.3) is 0 Å². The second kappa shape index (κ2) is 6.55. The highest BCUT2D eigenvalue weighted by atomic mass is 19.1. The lowest BCUT2D eigenvalue weighted by Crippen LogP contribution is -2.51. The van der Waals surface area contributed by atoms with Gasteiger partial charge in [-0.15, -0.1) is 0 Å². The van der Waals surface area contributed by atoms with Crippen molar-refractivity contribution in [2.24, 2.45) is 5.92 Å². The third kappa shape index (κ3) is 3.70. The molecular formula is C13H27FN2. The third-order valence-electron chi connectivity index (χ3n) is 3.77. The number of rotatable bonds is 3. The molecule has 2 saturated heterocycles. The number of nitrogens with one attached hydrogen (secondary N) is 1. The molecule has 2 heterocycles. The SMILES string of the molecule is CC.CCC1(F)CCN(CC2CNC2)CC1. The van der Waals surface area contributed by atoms with E-state index < -0.39 is 5.67 Å². The first-order chi connectivity index (χ1) is 7.72. The number of piperidine rings is 1. The Morgan fingerprint density at radius 1 is 1.25 bits per heavy atom. The first-order valence-corrected chi connectivity index (χ1v) is 6.84. The molecule has 0 spiro atoms. The van der Waals surface area contributed by atoms with Crippen molar-refractivity contribution < 1.29 is 4.39 Å². The summed E-state index contributed by atoms with van der Waals surface area (Å²) in [4.78, 5) is 2.43. The Morgan fingerprint density at radius 3 is 2.19 bits per heavy atom. The van der Waals surface area contributed by atoms with Crippen molar-refractivity contribution in [1.29, 1.82) is 0 Å². The summed E-state index contributed by atoms with van der Waals surface area (Å²) >= 11 is 0. The van der Waals surface area contributed by atoms with E-state index in [-0.39, 0.29) is 0 Å². The first-order valence-electron chi connectivity index (χ1n) is 6.84. The lowest BCUT2D eigenvalue weighted by Gasteiger charge is -2.39. The molecule has 0 radical (unpaired) electrons. The predicted octanol–water partition coefficient (Wildman–Crippen LogP) is 2.45. The zero-order chi connectivity index (χ0) is 12.0. The molecule has 0 aliphatic carbocycles. The highest BCUT2D eigenvalue weighted by Gasteiger charge is 2.33. The molecule has 0 atom stereocenters. The lowest BCUT2D eigenvalue weighted by molar-refractivity contribution is 0.0441. The van der Waals surface area contributed by atoms with Crippen LogP contribution in [0.5, 0.6) is 0 Å². The smallest absolute Gasteiger partial charge is 0.113 e. The minimum atomic E-state index is -0.853. The molecule has 0 amide bonds. The van der Waals surface area contributed by atoms with Crippen molar-refractivity contribution in [2.45, 2.75) is 45.7 Å². The maximum Gasteiger partial charge on any atom is 0.113 e. The zero-order valence-electron chi connectivity index (χ0n) is 11.1. The number of hydrogen-bond acceptors (Lipinski definition) is 2. The van der Waals surface area contributed by atoms with E-state index in [1.165, 1.54) is 6.54 Å². The zero-order valence-corrected chi connectivity index (χ0v) is 11.1. The van der Waals surface area contributed by atoms with Gasteiger partial charge in [-0.05, 0) is 25.2 Å². The monoisotopic (exact) mass is 230 g/mol. The molecule has 2 aliphatic heterocycles. The lowest BCUT2D eigenvalue weighted by atomic mass is 9.90. The van der Waals surface area contributed by atoms with Crippen LogP contribution in [-0.4, -0.2) is 43.3 Å². The minimum Gasteiger partial charge on any atom is -0.316 e. The highest BCUT2D eigenvalue weighted by molar-refractivity contribution is 4.87. The Labute approximate surface area is 99.6 Å². The fourth-order valence-corrected chi connectivity index (χ4v) is 2.33. The topological polar surface area (TPSA) is 15.3 Å². The van der Waals surface area contributed by atoms with Gasteiger partial charge >= 0.3 is 0 Å². The molecule has 96 valence electrons. The second-order valence-corrected chi connectivity index (χ2v) is 4.83. The van der Waals surface area contributed by atoms with E-state index >= 15 is 0 Å². The van der Waals surface area contributed by atoms with E-state index in [1.54, 1.807) is 0 Å². The van der Waals surface area contributed by atoms with Gasteiger partial charge in [0.15, 0.2) is 0 Å². The maximum absolute atomic E-state index is 13.9. The van der Waals surface area contributed by atoms with Crippen LogP contribution >= 0.6 is 0 Å². The Kier molecular flexibility index (Phi) is 5.70. The van der Waals surface area contributed by atoms with Gasteiger partial charge in [0.05, 0.1) is 0 Å². The van der Waals surface area contributed by atoms with Crippen LogP contribution in [0.1, 0.15) is 40.0 Å². The van der Waals surface area contributed by atoms with E-state index in [4.69, 9.17) is 0 Å². The molecule has 0 aromatic heterocycles. The number of nitrogens with zero attached hydrogens (tertiary/aromatic N) is 1. The molecule has 2 rings (SSSR count). The van der Waals surface area contributed by atoms with E-state index in [0.29, 0.717) is 6.42 Å². The molecule has 1 N–H and O–H groups in total. The van der Waals surface area contributed by atoms with Crippen LogP contribution in [0.3, 0.4) is 0 Å². The Bertz CT molecular complexity index is 184. The number of halogens is 1. The number of hydrogen-bond donors (Lipinski definition) is 1. The fourth-order valence-electron chi connectivity index (χ4n) is 2.33. The van der Waals surface area contributed by atoms with Crippen LogP contribution in [0.4, 0.5) is 4.39 Å². The standard InChI is InChI=1S/C11H21FN2.C2H6/c1-2-11(12)3-5-14(6-4-11)9-10-7-13-8-10;1-2/h10,13H,2-9H2,1H3;1-2H3. The van der Waals surface area contributed by atoms with Crippen LogP contribution in [0.2, 0.25) is 0 Å². The highest BCUT2D eigenvalue weighted by Crippen LogP contribution is 2.29. The maximum atomic E-state index is 13.9. The van der Waals surface area contributed by atoms with E-state index in [9.17, 15) is 4.39 Å². The summed E-state index contributed by atoms with van der Waals surface area (Å²) in [5, 5.41) is 3.28.